The Morgan fingerprint density at radius 1 is 1.13 bits per heavy atom. The Hall–Kier alpha value is -3.07. The number of nitrogens with one attached hydrogen (secondary N) is 2. The fourth-order valence-corrected chi connectivity index (χ4v) is 11.6. The number of rotatable bonds is 21. The number of allylic oxidation sites excluding steroid dienone is 9. The summed E-state index contributed by atoms with van der Waals surface area (Å²) in [5, 5.41) is 72.8. The van der Waals surface area contributed by atoms with E-state index in [1.165, 1.54) is 16.7 Å². The predicted molar refractivity (Wildman–Crippen MR) is 249 cm³/mol. The monoisotopic (exact) mass is 875 g/mol. The molecular formula is C52H78N2O9. The number of hydrogen-bond donors (Lipinski definition) is 8. The highest BCUT2D eigenvalue weighted by atomic mass is 16.5. The largest absolute Gasteiger partial charge is 0.396 e. The summed E-state index contributed by atoms with van der Waals surface area (Å²) < 4.78 is 11.6. The van der Waals surface area contributed by atoms with E-state index >= 15 is 0 Å². The van der Waals surface area contributed by atoms with Gasteiger partial charge in [-0.3, -0.25) is 4.79 Å². The average Bonchev–Trinajstić information content (AvgIpc) is 3.63. The van der Waals surface area contributed by atoms with Crippen molar-refractivity contribution in [1.82, 2.24) is 10.6 Å². The van der Waals surface area contributed by atoms with E-state index in [9.17, 15) is 35.4 Å². The van der Waals surface area contributed by atoms with Crippen LogP contribution in [0.1, 0.15) is 82.8 Å². The van der Waals surface area contributed by atoms with E-state index in [0.29, 0.717) is 57.2 Å². The van der Waals surface area contributed by atoms with Crippen LogP contribution in [0.4, 0.5) is 0 Å². The Morgan fingerprint density at radius 3 is 2.63 bits per heavy atom. The van der Waals surface area contributed by atoms with Gasteiger partial charge in [-0.2, -0.15) is 0 Å². The van der Waals surface area contributed by atoms with Crippen molar-refractivity contribution >= 4 is 6.29 Å². The molecule has 4 bridgehead atoms. The van der Waals surface area contributed by atoms with Crippen molar-refractivity contribution in [2.24, 2.45) is 35.0 Å². The number of ether oxygens (including phenoxy) is 2. The lowest BCUT2D eigenvalue weighted by atomic mass is 9.45. The maximum Gasteiger partial charge on any atom is 0.145 e. The summed E-state index contributed by atoms with van der Waals surface area (Å²) in [7, 11) is 3.59. The van der Waals surface area contributed by atoms with Gasteiger partial charge in [-0.1, -0.05) is 84.0 Å². The molecule has 350 valence electrons. The molecule has 11 heteroatoms. The second-order valence-electron chi connectivity index (χ2n) is 19.0. The van der Waals surface area contributed by atoms with Crippen LogP contribution in [-0.2, 0) is 27.1 Å². The van der Waals surface area contributed by atoms with Crippen LogP contribution < -0.4 is 10.6 Å². The molecule has 1 aliphatic heterocycles. The lowest BCUT2D eigenvalue weighted by Crippen LogP contribution is -2.65. The number of methoxy groups -OCH3 is 1. The van der Waals surface area contributed by atoms with Crippen molar-refractivity contribution in [3.63, 3.8) is 0 Å². The van der Waals surface area contributed by atoms with E-state index in [1.54, 1.807) is 7.11 Å². The summed E-state index contributed by atoms with van der Waals surface area (Å²) in [6.45, 7) is 10.1. The summed E-state index contributed by atoms with van der Waals surface area (Å²) in [6, 6.07) is 8.79. The molecule has 11 nitrogen and oxygen atoms in total. The molecule has 10 unspecified atom stereocenters. The van der Waals surface area contributed by atoms with Crippen LogP contribution in [0.3, 0.4) is 0 Å². The second-order valence-corrected chi connectivity index (χ2v) is 19.0. The second kappa shape index (κ2) is 23.9. The number of hydrogen-bond acceptors (Lipinski definition) is 11. The minimum absolute atomic E-state index is 0.0608. The first-order valence-electron chi connectivity index (χ1n) is 23.4. The van der Waals surface area contributed by atoms with Crippen molar-refractivity contribution in [2.45, 2.75) is 108 Å². The molecule has 0 amide bonds. The molecule has 0 saturated heterocycles. The van der Waals surface area contributed by atoms with Gasteiger partial charge in [0.2, 0.25) is 0 Å². The highest BCUT2D eigenvalue weighted by Gasteiger charge is 2.68. The molecule has 5 rings (SSSR count). The Bertz CT molecular complexity index is 1810. The summed E-state index contributed by atoms with van der Waals surface area (Å²) in [4.78, 5) is 12.5. The molecule has 0 aromatic heterocycles. The number of carbonyl (C=O) groups excluding carboxylic acids is 1. The van der Waals surface area contributed by atoms with Crippen LogP contribution in [0.15, 0.2) is 95.2 Å². The average molecular weight is 875 g/mol. The lowest BCUT2D eigenvalue weighted by molar-refractivity contribution is -0.194. The first-order valence-corrected chi connectivity index (χ1v) is 23.4. The fraction of sp³-hybridized carbons (Fsp3) is 0.635. The van der Waals surface area contributed by atoms with Crippen molar-refractivity contribution in [1.29, 1.82) is 0 Å². The van der Waals surface area contributed by atoms with Gasteiger partial charge in [0.05, 0.1) is 31.5 Å². The Morgan fingerprint density at radius 2 is 1.92 bits per heavy atom. The number of fused-ring (bicyclic) bond motifs is 5. The molecule has 1 aromatic rings. The molecule has 2 saturated carbocycles. The molecule has 2 fully saturated rings. The van der Waals surface area contributed by atoms with E-state index in [0.717, 1.165) is 61.7 Å². The van der Waals surface area contributed by atoms with Gasteiger partial charge in [0, 0.05) is 56.3 Å². The molecule has 1 heterocycles. The SMILES string of the molecule is C=C(C=CC=C(COCC(O)CO)C1CCC2(C1O)C1C(=C(C)C=O)C(C=CC1CCO)CC2(O)CCNC)C1CC=C(C)CNC(CCCO)(CCOC)Cc2cccc(c2)C1. The van der Waals surface area contributed by atoms with Crippen LogP contribution >= 0.6 is 0 Å². The lowest BCUT2D eigenvalue weighted by Gasteiger charge is -2.61. The fourth-order valence-electron chi connectivity index (χ4n) is 11.6. The van der Waals surface area contributed by atoms with Gasteiger partial charge >= 0.3 is 0 Å². The minimum atomic E-state index is -1.27. The zero-order valence-electron chi connectivity index (χ0n) is 38.4. The molecule has 8 N–H and O–H groups in total. The van der Waals surface area contributed by atoms with Gasteiger partial charge in [-0.15, -0.1) is 0 Å². The van der Waals surface area contributed by atoms with E-state index in [4.69, 9.17) is 9.47 Å². The third kappa shape index (κ3) is 12.0. The summed E-state index contributed by atoms with van der Waals surface area (Å²) >= 11 is 0. The normalized spacial score (nSPS) is 32.6. The minimum Gasteiger partial charge on any atom is -0.396 e. The van der Waals surface area contributed by atoms with Crippen molar-refractivity contribution in [2.75, 3.05) is 66.9 Å². The topological polar surface area (TPSA) is 181 Å². The quantitative estimate of drug-likeness (QED) is 0.0357. The van der Waals surface area contributed by atoms with Gasteiger partial charge in [-0.05, 0) is 138 Å². The molecular weight excluding hydrogens is 797 g/mol. The zero-order chi connectivity index (χ0) is 45.6. The third-order valence-corrected chi connectivity index (χ3v) is 14.9. The summed E-state index contributed by atoms with van der Waals surface area (Å²) in [6.07, 6.45) is 18.4. The highest BCUT2D eigenvalue weighted by molar-refractivity contribution is 5.74. The molecule has 0 radical (unpaired) electrons. The number of aldehydes is 1. The smallest absolute Gasteiger partial charge is 0.145 e. The number of aliphatic hydroxyl groups excluding tert-OH is 5. The van der Waals surface area contributed by atoms with Gasteiger partial charge in [0.1, 0.15) is 12.4 Å². The van der Waals surface area contributed by atoms with Crippen molar-refractivity contribution < 1.29 is 44.9 Å². The van der Waals surface area contributed by atoms with Crippen LogP contribution in [0.5, 0.6) is 0 Å². The summed E-state index contributed by atoms with van der Waals surface area (Å²) in [5.41, 5.74) is 4.55. The van der Waals surface area contributed by atoms with Gasteiger partial charge < -0.3 is 50.7 Å². The Labute approximate surface area is 376 Å². The van der Waals surface area contributed by atoms with Gasteiger partial charge in [0.15, 0.2) is 0 Å². The van der Waals surface area contributed by atoms with Crippen molar-refractivity contribution in [3.05, 3.63) is 106 Å². The molecule has 4 aliphatic rings. The first-order chi connectivity index (χ1) is 30.3. The van der Waals surface area contributed by atoms with Gasteiger partial charge in [0.25, 0.3) is 0 Å². The number of aliphatic hydroxyl groups is 6. The molecule has 3 aliphatic carbocycles. The van der Waals surface area contributed by atoms with E-state index in [-0.39, 0.29) is 55.6 Å². The van der Waals surface area contributed by atoms with E-state index < -0.39 is 35.7 Å². The van der Waals surface area contributed by atoms with Crippen molar-refractivity contribution in [3.8, 4) is 0 Å². The Balaban J connectivity index is 1.48. The maximum atomic E-state index is 13.0. The molecule has 63 heavy (non-hydrogen) atoms. The number of carbonyl (C=O) groups is 1. The third-order valence-electron chi connectivity index (χ3n) is 14.9. The first kappa shape index (κ1) is 50.9. The highest BCUT2D eigenvalue weighted by Crippen LogP contribution is 2.67. The Kier molecular flexibility index (Phi) is 19.3. The summed E-state index contributed by atoms with van der Waals surface area (Å²) in [5.74, 6) is -0.996. The molecule has 1 spiro atoms. The molecule has 1 aromatic carbocycles. The van der Waals surface area contributed by atoms with E-state index in [2.05, 4.69) is 66.6 Å². The van der Waals surface area contributed by atoms with Crippen LogP contribution in [0, 0.1) is 35.0 Å². The maximum absolute atomic E-state index is 13.0. The predicted octanol–water partition coefficient (Wildman–Crippen LogP) is 5.10. The van der Waals surface area contributed by atoms with Crippen LogP contribution in [0.25, 0.3) is 0 Å². The van der Waals surface area contributed by atoms with Crippen LogP contribution in [0.2, 0.25) is 0 Å². The van der Waals surface area contributed by atoms with Crippen LogP contribution in [-0.4, -0.2) is 127 Å². The molecule has 10 atom stereocenters. The zero-order valence-corrected chi connectivity index (χ0v) is 38.4. The van der Waals surface area contributed by atoms with E-state index in [1.807, 2.05) is 32.2 Å². The van der Waals surface area contributed by atoms with Gasteiger partial charge in [-0.25, -0.2) is 0 Å². The number of benzene rings is 1. The standard InChI is InChI=1S/C52H78N2O9/c1-36-13-14-42(28-39-10-7-11-40(27-39)29-50(54-31-36,19-8-24-55)22-26-62-5)37(2)9-6-12-44(34-63-35-45(59)33-58)46-17-20-52(49(46)60)48-41(18-25-56)15-16-43(47(48)38(3)32-57)30-51(52,61)21-23-53-4/h6-7,9-13,15-16,27,32,41-43,45-46,48-49,53-56,58-61H,2,8,14,17-26,28-31,33-35H2,1,3-5H3.